The molecule has 0 unspecified atom stereocenters. The van der Waals surface area contributed by atoms with Gasteiger partial charge in [0, 0.05) is 11.4 Å². The van der Waals surface area contributed by atoms with Crippen LogP contribution in [0.2, 0.25) is 0 Å². The van der Waals surface area contributed by atoms with Crippen molar-refractivity contribution in [3.63, 3.8) is 0 Å². The summed E-state index contributed by atoms with van der Waals surface area (Å²) in [4.78, 5) is 11.8. The van der Waals surface area contributed by atoms with Crippen LogP contribution in [0.25, 0.3) is 0 Å². The second-order valence-electron chi connectivity index (χ2n) is 4.77. The first-order chi connectivity index (χ1) is 10.2. The molecule has 110 valence electrons. The molecule has 2 aromatic carbocycles. The van der Waals surface area contributed by atoms with Crippen molar-refractivity contribution in [3.8, 4) is 5.75 Å². The van der Waals surface area contributed by atoms with Gasteiger partial charge in [0.25, 0.3) is 0 Å². The monoisotopic (exact) mass is 284 g/mol. The van der Waals surface area contributed by atoms with Crippen molar-refractivity contribution in [2.75, 3.05) is 17.7 Å². The fourth-order valence-corrected chi connectivity index (χ4v) is 1.96. The lowest BCUT2D eigenvalue weighted by atomic mass is 10.2. The van der Waals surface area contributed by atoms with Crippen molar-refractivity contribution >= 4 is 17.3 Å². The van der Waals surface area contributed by atoms with Crippen molar-refractivity contribution < 1.29 is 9.53 Å². The molecular formula is C17H20N2O2. The van der Waals surface area contributed by atoms with E-state index in [1.165, 1.54) is 5.56 Å². The second kappa shape index (κ2) is 7.33. The lowest BCUT2D eigenvalue weighted by Gasteiger charge is -2.08. The molecule has 0 aliphatic rings. The fourth-order valence-electron chi connectivity index (χ4n) is 1.96. The number of nitrogens with two attached hydrogens (primary N) is 1. The molecule has 4 heteroatoms. The lowest BCUT2D eigenvalue weighted by molar-refractivity contribution is -0.116. The molecule has 1 amide bonds. The number of carbonyl (C=O) groups is 1. The van der Waals surface area contributed by atoms with Gasteiger partial charge in [0.1, 0.15) is 5.75 Å². The first-order valence-corrected chi connectivity index (χ1v) is 7.04. The Morgan fingerprint density at radius 2 is 2.00 bits per heavy atom. The molecule has 0 aliphatic carbocycles. The second-order valence-corrected chi connectivity index (χ2v) is 4.77. The summed E-state index contributed by atoms with van der Waals surface area (Å²) in [6.45, 7) is 2.44. The number of rotatable bonds is 6. The number of hydrogen-bond donors (Lipinski definition) is 2. The molecule has 21 heavy (non-hydrogen) atoms. The summed E-state index contributed by atoms with van der Waals surface area (Å²) in [5, 5.41) is 2.79. The number of nitrogen functional groups attached to an aromatic ring is 1. The summed E-state index contributed by atoms with van der Waals surface area (Å²) in [5.41, 5.74) is 8.21. The van der Waals surface area contributed by atoms with Crippen molar-refractivity contribution in [1.29, 1.82) is 0 Å². The van der Waals surface area contributed by atoms with Crippen molar-refractivity contribution in [2.45, 2.75) is 19.8 Å². The van der Waals surface area contributed by atoms with Crippen molar-refractivity contribution in [3.05, 3.63) is 54.1 Å². The fraction of sp³-hybridized carbons (Fsp3) is 0.235. The zero-order chi connectivity index (χ0) is 15.1. The predicted octanol–water partition coefficient (Wildman–Crippen LogP) is 3.24. The SMILES string of the molecule is CCc1cccc(OCCC(=O)Nc2cccc(N)c2)c1. The summed E-state index contributed by atoms with van der Waals surface area (Å²) >= 11 is 0. The van der Waals surface area contributed by atoms with E-state index in [4.69, 9.17) is 10.5 Å². The van der Waals surface area contributed by atoms with Gasteiger partial charge < -0.3 is 15.8 Å². The Bertz CT molecular complexity index is 611. The van der Waals surface area contributed by atoms with Crippen LogP contribution in [0.1, 0.15) is 18.9 Å². The van der Waals surface area contributed by atoms with E-state index in [9.17, 15) is 4.79 Å². The molecule has 0 bridgehead atoms. The van der Waals surface area contributed by atoms with Gasteiger partial charge >= 0.3 is 0 Å². The number of carbonyl (C=O) groups excluding carboxylic acids is 1. The van der Waals surface area contributed by atoms with E-state index in [1.807, 2.05) is 18.2 Å². The molecule has 0 aliphatic heterocycles. The van der Waals surface area contributed by atoms with Crippen molar-refractivity contribution in [1.82, 2.24) is 0 Å². The molecule has 4 nitrogen and oxygen atoms in total. The standard InChI is InChI=1S/C17H20N2O2/c1-2-13-5-3-8-16(11-13)21-10-9-17(20)19-15-7-4-6-14(18)12-15/h3-8,11-12H,2,9-10,18H2,1H3,(H,19,20). The maximum absolute atomic E-state index is 11.8. The van der Waals surface area contributed by atoms with E-state index in [0.717, 1.165) is 12.2 Å². The Kier molecular flexibility index (Phi) is 5.21. The maximum atomic E-state index is 11.8. The Morgan fingerprint density at radius 1 is 1.19 bits per heavy atom. The minimum absolute atomic E-state index is 0.0905. The molecule has 0 saturated carbocycles. The van der Waals surface area contributed by atoms with Gasteiger partial charge in [-0.3, -0.25) is 4.79 Å². The van der Waals surface area contributed by atoms with Crippen LogP contribution in [0, 0.1) is 0 Å². The Balaban J connectivity index is 1.79. The lowest BCUT2D eigenvalue weighted by Crippen LogP contribution is -2.15. The number of amides is 1. The van der Waals surface area contributed by atoms with Gasteiger partial charge in [-0.15, -0.1) is 0 Å². The largest absolute Gasteiger partial charge is 0.493 e. The zero-order valence-electron chi connectivity index (χ0n) is 12.1. The molecule has 0 saturated heterocycles. The van der Waals surface area contributed by atoms with Crippen LogP contribution >= 0.6 is 0 Å². The first-order valence-electron chi connectivity index (χ1n) is 7.04. The summed E-state index contributed by atoms with van der Waals surface area (Å²) in [5.74, 6) is 0.707. The van der Waals surface area contributed by atoms with Gasteiger partial charge in [-0.25, -0.2) is 0 Å². The van der Waals surface area contributed by atoms with E-state index in [2.05, 4.69) is 18.3 Å². The van der Waals surface area contributed by atoms with Crippen LogP contribution in [0.3, 0.4) is 0 Å². The molecular weight excluding hydrogens is 264 g/mol. The Labute approximate surface area is 124 Å². The zero-order valence-corrected chi connectivity index (χ0v) is 12.1. The number of nitrogens with one attached hydrogen (secondary N) is 1. The highest BCUT2D eigenvalue weighted by Gasteiger charge is 2.03. The number of aryl methyl sites for hydroxylation is 1. The normalized spacial score (nSPS) is 10.1. The third-order valence-electron chi connectivity index (χ3n) is 3.07. The number of hydrogen-bond acceptors (Lipinski definition) is 3. The summed E-state index contributed by atoms with van der Waals surface area (Å²) < 4.78 is 5.60. The smallest absolute Gasteiger partial charge is 0.227 e. The quantitative estimate of drug-likeness (QED) is 0.800. The third kappa shape index (κ3) is 4.84. The molecule has 2 aromatic rings. The first kappa shape index (κ1) is 14.9. The van der Waals surface area contributed by atoms with E-state index in [-0.39, 0.29) is 5.91 Å². The van der Waals surface area contributed by atoms with Gasteiger partial charge in [0.2, 0.25) is 5.91 Å². The summed E-state index contributed by atoms with van der Waals surface area (Å²) in [6.07, 6.45) is 1.26. The molecule has 2 rings (SSSR count). The topological polar surface area (TPSA) is 64.3 Å². The third-order valence-corrected chi connectivity index (χ3v) is 3.07. The molecule has 0 radical (unpaired) electrons. The van der Waals surface area contributed by atoms with Gasteiger partial charge in [0.15, 0.2) is 0 Å². The van der Waals surface area contributed by atoms with Crippen LogP contribution in [-0.4, -0.2) is 12.5 Å². The number of benzene rings is 2. The predicted molar refractivity (Wildman–Crippen MR) is 85.4 cm³/mol. The van der Waals surface area contributed by atoms with Gasteiger partial charge in [-0.1, -0.05) is 25.1 Å². The molecule has 0 aromatic heterocycles. The summed E-state index contributed by atoms with van der Waals surface area (Å²) in [7, 11) is 0. The van der Waals surface area contributed by atoms with Crippen LogP contribution in [0.5, 0.6) is 5.75 Å². The molecule has 0 atom stereocenters. The minimum Gasteiger partial charge on any atom is -0.493 e. The van der Waals surface area contributed by atoms with Gasteiger partial charge in [-0.2, -0.15) is 0 Å². The average Bonchev–Trinajstić information content (AvgIpc) is 2.47. The van der Waals surface area contributed by atoms with Crippen LogP contribution in [-0.2, 0) is 11.2 Å². The Morgan fingerprint density at radius 3 is 2.76 bits per heavy atom. The molecule has 0 spiro atoms. The van der Waals surface area contributed by atoms with Crippen LogP contribution in [0.4, 0.5) is 11.4 Å². The van der Waals surface area contributed by atoms with Crippen LogP contribution in [0.15, 0.2) is 48.5 Å². The van der Waals surface area contributed by atoms with Gasteiger partial charge in [-0.05, 0) is 42.3 Å². The highest BCUT2D eigenvalue weighted by atomic mass is 16.5. The molecule has 0 fully saturated rings. The van der Waals surface area contributed by atoms with E-state index >= 15 is 0 Å². The van der Waals surface area contributed by atoms with Gasteiger partial charge in [0.05, 0.1) is 13.0 Å². The Hall–Kier alpha value is -2.49. The number of anilines is 2. The number of ether oxygens (including phenoxy) is 1. The molecule has 3 N–H and O–H groups in total. The van der Waals surface area contributed by atoms with E-state index in [0.29, 0.717) is 24.4 Å². The van der Waals surface area contributed by atoms with Crippen LogP contribution < -0.4 is 15.8 Å². The minimum atomic E-state index is -0.0905. The highest BCUT2D eigenvalue weighted by Crippen LogP contribution is 2.14. The average molecular weight is 284 g/mol. The van der Waals surface area contributed by atoms with Crippen molar-refractivity contribution in [2.24, 2.45) is 0 Å². The maximum Gasteiger partial charge on any atom is 0.227 e. The highest BCUT2D eigenvalue weighted by molar-refractivity contribution is 5.91. The summed E-state index contributed by atoms with van der Waals surface area (Å²) in [6, 6.07) is 15.0. The van der Waals surface area contributed by atoms with E-state index in [1.54, 1.807) is 24.3 Å². The molecule has 0 heterocycles. The van der Waals surface area contributed by atoms with E-state index < -0.39 is 0 Å².